The van der Waals surface area contributed by atoms with Crippen LogP contribution in [0.2, 0.25) is 0 Å². The predicted octanol–water partition coefficient (Wildman–Crippen LogP) is 2.68. The molecule has 1 aliphatic rings. The van der Waals surface area contributed by atoms with Crippen molar-refractivity contribution >= 4 is 11.0 Å². The molecule has 0 radical (unpaired) electrons. The molecule has 0 saturated carbocycles. The van der Waals surface area contributed by atoms with Crippen LogP contribution in [0.25, 0.3) is 11.0 Å². The highest BCUT2D eigenvalue weighted by atomic mass is 16.3. The fourth-order valence-corrected chi connectivity index (χ4v) is 3.56. The first-order valence-corrected chi connectivity index (χ1v) is 9.06. The molecule has 3 N–H and O–H groups in total. The van der Waals surface area contributed by atoms with E-state index < -0.39 is 0 Å². The predicted molar refractivity (Wildman–Crippen MR) is 101 cm³/mol. The number of aromatic hydroxyl groups is 2. The Morgan fingerprint density at radius 1 is 0.885 bits per heavy atom. The molecule has 6 heteroatoms. The maximum Gasteiger partial charge on any atom is 0.157 e. The smallest absolute Gasteiger partial charge is 0.157 e. The highest BCUT2D eigenvalue weighted by molar-refractivity contribution is 5.74. The van der Waals surface area contributed by atoms with Gasteiger partial charge in [-0.05, 0) is 49.3 Å². The standard InChI is InChI=1S/C20H24N4O2/c25-18-7-6-15(12-19(18)26)13-23-8-3-9-24(11-10-23)14-20-21-16-4-1-2-5-17(16)22-20/h1-2,4-7,12,25-26H,3,8-11,13-14H2,(H,21,22). The van der Waals surface area contributed by atoms with Gasteiger partial charge in [0.1, 0.15) is 5.82 Å². The van der Waals surface area contributed by atoms with Gasteiger partial charge in [-0.15, -0.1) is 0 Å². The number of hydrogen-bond acceptors (Lipinski definition) is 5. The molecular formula is C20H24N4O2. The Balaban J connectivity index is 1.36. The van der Waals surface area contributed by atoms with Gasteiger partial charge in [-0.1, -0.05) is 18.2 Å². The second-order valence-electron chi connectivity index (χ2n) is 6.93. The fourth-order valence-electron chi connectivity index (χ4n) is 3.56. The Morgan fingerprint density at radius 3 is 2.42 bits per heavy atom. The van der Waals surface area contributed by atoms with Gasteiger partial charge in [-0.2, -0.15) is 0 Å². The van der Waals surface area contributed by atoms with Crippen molar-refractivity contribution in [3.63, 3.8) is 0 Å². The second-order valence-corrected chi connectivity index (χ2v) is 6.93. The number of hydrogen-bond donors (Lipinski definition) is 3. The summed E-state index contributed by atoms with van der Waals surface area (Å²) in [5.41, 5.74) is 3.13. The van der Waals surface area contributed by atoms with Gasteiger partial charge in [0, 0.05) is 19.6 Å². The van der Waals surface area contributed by atoms with Gasteiger partial charge in [0.2, 0.25) is 0 Å². The summed E-state index contributed by atoms with van der Waals surface area (Å²) < 4.78 is 0. The molecule has 0 amide bonds. The summed E-state index contributed by atoms with van der Waals surface area (Å²) in [6.07, 6.45) is 1.10. The molecule has 1 aliphatic heterocycles. The van der Waals surface area contributed by atoms with Crippen LogP contribution in [-0.4, -0.2) is 56.2 Å². The molecule has 2 heterocycles. The molecule has 0 atom stereocenters. The van der Waals surface area contributed by atoms with Crippen LogP contribution in [0.4, 0.5) is 0 Å². The van der Waals surface area contributed by atoms with Crippen molar-refractivity contribution in [1.29, 1.82) is 0 Å². The third kappa shape index (κ3) is 3.81. The molecule has 4 rings (SSSR count). The summed E-state index contributed by atoms with van der Waals surface area (Å²) in [5.74, 6) is 0.897. The van der Waals surface area contributed by atoms with Crippen molar-refractivity contribution in [3.05, 3.63) is 53.9 Å². The molecule has 1 saturated heterocycles. The molecule has 0 bridgehead atoms. The maximum absolute atomic E-state index is 9.66. The Kier molecular flexibility index (Phi) is 4.77. The number of phenols is 2. The highest BCUT2D eigenvalue weighted by Crippen LogP contribution is 2.25. The van der Waals surface area contributed by atoms with Gasteiger partial charge in [0.15, 0.2) is 11.5 Å². The van der Waals surface area contributed by atoms with E-state index in [1.54, 1.807) is 12.1 Å². The minimum Gasteiger partial charge on any atom is -0.504 e. The van der Waals surface area contributed by atoms with E-state index in [2.05, 4.69) is 25.8 Å². The van der Waals surface area contributed by atoms with Gasteiger partial charge < -0.3 is 15.2 Å². The van der Waals surface area contributed by atoms with Gasteiger partial charge in [-0.25, -0.2) is 4.98 Å². The van der Waals surface area contributed by atoms with E-state index in [0.717, 1.165) is 68.1 Å². The van der Waals surface area contributed by atoms with Crippen LogP contribution in [0, 0.1) is 0 Å². The number of H-pyrrole nitrogens is 1. The summed E-state index contributed by atoms with van der Waals surface area (Å²) in [6, 6.07) is 13.2. The zero-order chi connectivity index (χ0) is 17.9. The van der Waals surface area contributed by atoms with Crippen LogP contribution < -0.4 is 0 Å². The van der Waals surface area contributed by atoms with E-state index >= 15 is 0 Å². The van der Waals surface area contributed by atoms with E-state index in [-0.39, 0.29) is 11.5 Å². The topological polar surface area (TPSA) is 75.6 Å². The fraction of sp³-hybridized carbons (Fsp3) is 0.350. The normalized spacial score (nSPS) is 16.8. The van der Waals surface area contributed by atoms with Crippen molar-refractivity contribution in [2.75, 3.05) is 26.2 Å². The molecule has 2 aromatic carbocycles. The van der Waals surface area contributed by atoms with Crippen LogP contribution in [0.3, 0.4) is 0 Å². The monoisotopic (exact) mass is 352 g/mol. The van der Waals surface area contributed by atoms with Gasteiger partial charge in [0.25, 0.3) is 0 Å². The minimum absolute atomic E-state index is 0.0520. The lowest BCUT2D eigenvalue weighted by Crippen LogP contribution is -2.30. The minimum atomic E-state index is -0.0679. The summed E-state index contributed by atoms with van der Waals surface area (Å²) in [5, 5.41) is 19.1. The SMILES string of the molecule is Oc1ccc(CN2CCCN(Cc3nc4ccccc4[nH]3)CC2)cc1O. The van der Waals surface area contributed by atoms with E-state index in [1.807, 2.05) is 24.3 Å². The van der Waals surface area contributed by atoms with Crippen molar-refractivity contribution in [2.24, 2.45) is 0 Å². The maximum atomic E-state index is 9.66. The number of aromatic nitrogens is 2. The average molecular weight is 352 g/mol. The molecule has 0 spiro atoms. The molecular weight excluding hydrogens is 328 g/mol. The first-order chi connectivity index (χ1) is 12.7. The highest BCUT2D eigenvalue weighted by Gasteiger charge is 2.17. The Labute approximate surface area is 152 Å². The number of benzene rings is 2. The number of para-hydroxylation sites is 2. The van der Waals surface area contributed by atoms with Crippen LogP contribution in [0.1, 0.15) is 17.8 Å². The molecule has 136 valence electrons. The molecule has 1 aromatic heterocycles. The molecule has 1 fully saturated rings. The van der Waals surface area contributed by atoms with Crippen molar-refractivity contribution in [2.45, 2.75) is 19.5 Å². The quantitative estimate of drug-likeness (QED) is 0.630. The number of nitrogens with zero attached hydrogens (tertiary/aromatic N) is 3. The zero-order valence-corrected chi connectivity index (χ0v) is 14.7. The third-order valence-corrected chi connectivity index (χ3v) is 4.94. The van der Waals surface area contributed by atoms with E-state index in [0.29, 0.717) is 0 Å². The first-order valence-electron chi connectivity index (χ1n) is 9.06. The van der Waals surface area contributed by atoms with Crippen LogP contribution in [-0.2, 0) is 13.1 Å². The molecule has 3 aromatic rings. The lowest BCUT2D eigenvalue weighted by atomic mass is 10.2. The van der Waals surface area contributed by atoms with Gasteiger partial charge in [0.05, 0.1) is 17.6 Å². The first kappa shape index (κ1) is 16.9. The second kappa shape index (κ2) is 7.35. The molecule has 0 aliphatic carbocycles. The molecule has 0 unspecified atom stereocenters. The van der Waals surface area contributed by atoms with E-state index in [9.17, 15) is 10.2 Å². The van der Waals surface area contributed by atoms with Crippen molar-refractivity contribution in [3.8, 4) is 11.5 Å². The van der Waals surface area contributed by atoms with Crippen LogP contribution in [0.15, 0.2) is 42.5 Å². The molecule has 26 heavy (non-hydrogen) atoms. The number of fused-ring (bicyclic) bond motifs is 1. The van der Waals surface area contributed by atoms with Crippen molar-refractivity contribution < 1.29 is 10.2 Å². The van der Waals surface area contributed by atoms with Crippen LogP contribution in [0.5, 0.6) is 11.5 Å². The summed E-state index contributed by atoms with van der Waals surface area (Å²) in [4.78, 5) is 12.9. The van der Waals surface area contributed by atoms with E-state index in [1.165, 1.54) is 0 Å². The summed E-state index contributed by atoms with van der Waals surface area (Å²) in [6.45, 7) is 5.66. The Hall–Kier alpha value is -2.57. The Morgan fingerprint density at radius 2 is 1.65 bits per heavy atom. The number of phenolic OH excluding ortho intramolecular Hbond substituents is 2. The average Bonchev–Trinajstić information content (AvgIpc) is 2.91. The Bertz CT molecular complexity index is 859. The summed E-state index contributed by atoms with van der Waals surface area (Å²) >= 11 is 0. The van der Waals surface area contributed by atoms with Crippen LogP contribution >= 0.6 is 0 Å². The lowest BCUT2D eigenvalue weighted by molar-refractivity contribution is 0.244. The van der Waals surface area contributed by atoms with Crippen molar-refractivity contribution in [1.82, 2.24) is 19.8 Å². The largest absolute Gasteiger partial charge is 0.504 e. The molecule has 6 nitrogen and oxygen atoms in total. The number of imidazole rings is 1. The number of nitrogens with one attached hydrogen (secondary N) is 1. The summed E-state index contributed by atoms with van der Waals surface area (Å²) in [7, 11) is 0. The lowest BCUT2D eigenvalue weighted by Gasteiger charge is -2.21. The number of aromatic amines is 1. The van der Waals surface area contributed by atoms with Gasteiger partial charge in [-0.3, -0.25) is 9.80 Å². The number of rotatable bonds is 4. The van der Waals surface area contributed by atoms with E-state index in [4.69, 9.17) is 0 Å². The zero-order valence-electron chi connectivity index (χ0n) is 14.7. The van der Waals surface area contributed by atoms with Gasteiger partial charge >= 0.3 is 0 Å². The third-order valence-electron chi connectivity index (χ3n) is 4.94.